The molecule has 1 fully saturated rings. The van der Waals surface area contributed by atoms with E-state index in [1.54, 1.807) is 4.90 Å². The number of aryl methyl sites for hydroxylation is 1. The maximum atomic E-state index is 12.8. The van der Waals surface area contributed by atoms with Gasteiger partial charge < -0.3 is 14.1 Å². The number of nitrogens with zero attached hydrogens (tertiary/aromatic N) is 4. The van der Waals surface area contributed by atoms with Gasteiger partial charge in [-0.05, 0) is 6.42 Å². The zero-order valence-corrected chi connectivity index (χ0v) is 14.3. The van der Waals surface area contributed by atoms with E-state index in [2.05, 4.69) is 27.1 Å². The van der Waals surface area contributed by atoms with Gasteiger partial charge in [0.1, 0.15) is 17.7 Å². The van der Waals surface area contributed by atoms with Crippen molar-refractivity contribution in [1.82, 2.24) is 25.1 Å². The Bertz CT molecular complexity index is 693. The number of aromatic amines is 1. The molecule has 0 aromatic carbocycles. The number of ether oxygens (including phenoxy) is 1. The van der Waals surface area contributed by atoms with Crippen LogP contribution < -0.4 is 0 Å². The second kappa shape index (κ2) is 7.12. The Balaban J connectivity index is 1.72. The van der Waals surface area contributed by atoms with Crippen LogP contribution in [0.4, 0.5) is 0 Å². The zero-order valence-electron chi connectivity index (χ0n) is 14.3. The van der Waals surface area contributed by atoms with Gasteiger partial charge in [-0.3, -0.25) is 9.89 Å². The van der Waals surface area contributed by atoms with E-state index in [-0.39, 0.29) is 17.9 Å². The third-order valence-corrected chi connectivity index (χ3v) is 4.00. The summed E-state index contributed by atoms with van der Waals surface area (Å²) in [6, 6.07) is 0. The highest BCUT2D eigenvalue weighted by atomic mass is 16.5. The maximum absolute atomic E-state index is 12.8. The van der Waals surface area contributed by atoms with Gasteiger partial charge in [-0.2, -0.15) is 5.10 Å². The van der Waals surface area contributed by atoms with Crippen molar-refractivity contribution in [3.63, 3.8) is 0 Å². The third-order valence-electron chi connectivity index (χ3n) is 4.00. The van der Waals surface area contributed by atoms with Crippen LogP contribution in [0.25, 0.3) is 0 Å². The number of aromatic nitrogens is 4. The highest BCUT2D eigenvalue weighted by molar-refractivity contribution is 5.93. The van der Waals surface area contributed by atoms with E-state index in [0.717, 1.165) is 18.7 Å². The Hall–Kier alpha value is -2.22. The number of morpholine rings is 1. The van der Waals surface area contributed by atoms with Crippen molar-refractivity contribution >= 4 is 5.91 Å². The fourth-order valence-corrected chi connectivity index (χ4v) is 2.77. The quantitative estimate of drug-likeness (QED) is 0.900. The van der Waals surface area contributed by atoms with Gasteiger partial charge in [-0.1, -0.05) is 20.8 Å². The van der Waals surface area contributed by atoms with Crippen molar-refractivity contribution in [2.75, 3.05) is 19.7 Å². The predicted molar refractivity (Wildman–Crippen MR) is 85.6 cm³/mol. The first-order valence-corrected chi connectivity index (χ1v) is 8.35. The minimum atomic E-state index is -0.320. The third kappa shape index (κ3) is 3.33. The van der Waals surface area contributed by atoms with E-state index in [1.165, 1.54) is 6.39 Å². The minimum absolute atomic E-state index is 0.105. The minimum Gasteiger partial charge on any atom is -0.447 e. The van der Waals surface area contributed by atoms with Crippen molar-refractivity contribution in [2.24, 2.45) is 0 Å². The molecule has 0 bridgehead atoms. The largest absolute Gasteiger partial charge is 0.447 e. The van der Waals surface area contributed by atoms with Gasteiger partial charge in [0.2, 0.25) is 0 Å². The van der Waals surface area contributed by atoms with Crippen LogP contribution in [0.5, 0.6) is 0 Å². The molecular formula is C16H23N5O3. The first kappa shape index (κ1) is 16.6. The molecule has 3 rings (SSSR count). The summed E-state index contributed by atoms with van der Waals surface area (Å²) in [5, 5.41) is 7.16. The molecule has 2 aromatic heterocycles. The van der Waals surface area contributed by atoms with Crippen LogP contribution in [0.2, 0.25) is 0 Å². The molecule has 3 heterocycles. The van der Waals surface area contributed by atoms with E-state index in [1.807, 2.05) is 13.8 Å². The van der Waals surface area contributed by atoms with E-state index >= 15 is 0 Å². The average Bonchev–Trinajstić information content (AvgIpc) is 3.24. The second-order valence-corrected chi connectivity index (χ2v) is 6.22. The van der Waals surface area contributed by atoms with Gasteiger partial charge in [0.15, 0.2) is 17.9 Å². The van der Waals surface area contributed by atoms with Crippen molar-refractivity contribution < 1.29 is 13.9 Å². The number of amides is 1. The summed E-state index contributed by atoms with van der Waals surface area (Å²) in [5.74, 6) is 2.03. The lowest BCUT2D eigenvalue weighted by Crippen LogP contribution is -2.43. The normalized spacial score (nSPS) is 18.3. The SMILES string of the molecule is CCCc1nc(C2CN(C(=O)c3ncoc3C(C)C)CCO2)n[nH]1. The monoisotopic (exact) mass is 333 g/mol. The molecule has 130 valence electrons. The Morgan fingerprint density at radius 3 is 3.08 bits per heavy atom. The molecule has 8 heteroatoms. The molecule has 1 atom stereocenters. The molecule has 0 radical (unpaired) electrons. The number of oxazole rings is 1. The summed E-state index contributed by atoms with van der Waals surface area (Å²) >= 11 is 0. The fourth-order valence-electron chi connectivity index (χ4n) is 2.77. The number of H-pyrrole nitrogens is 1. The summed E-state index contributed by atoms with van der Waals surface area (Å²) in [4.78, 5) is 23.1. The number of nitrogens with one attached hydrogen (secondary N) is 1. The molecular weight excluding hydrogens is 310 g/mol. The Morgan fingerprint density at radius 2 is 2.33 bits per heavy atom. The van der Waals surface area contributed by atoms with Crippen LogP contribution in [-0.2, 0) is 11.2 Å². The summed E-state index contributed by atoms with van der Waals surface area (Å²) in [5.41, 5.74) is 0.382. The maximum Gasteiger partial charge on any atom is 0.276 e. The molecule has 1 unspecified atom stereocenters. The van der Waals surface area contributed by atoms with Crippen LogP contribution in [0.15, 0.2) is 10.8 Å². The zero-order chi connectivity index (χ0) is 17.1. The number of rotatable bonds is 5. The van der Waals surface area contributed by atoms with Crippen molar-refractivity contribution in [1.29, 1.82) is 0 Å². The molecule has 0 spiro atoms. The van der Waals surface area contributed by atoms with Gasteiger partial charge >= 0.3 is 0 Å². The molecule has 1 saturated heterocycles. The lowest BCUT2D eigenvalue weighted by Gasteiger charge is -2.31. The van der Waals surface area contributed by atoms with Gasteiger partial charge in [0.05, 0.1) is 13.2 Å². The lowest BCUT2D eigenvalue weighted by molar-refractivity contribution is -0.0269. The highest BCUT2D eigenvalue weighted by Gasteiger charge is 2.31. The molecule has 0 saturated carbocycles. The van der Waals surface area contributed by atoms with Gasteiger partial charge in [-0.15, -0.1) is 0 Å². The summed E-state index contributed by atoms with van der Waals surface area (Å²) in [6.45, 7) is 7.41. The number of hydrogen-bond acceptors (Lipinski definition) is 6. The number of hydrogen-bond donors (Lipinski definition) is 1. The van der Waals surface area contributed by atoms with E-state index < -0.39 is 0 Å². The van der Waals surface area contributed by atoms with Crippen LogP contribution in [0.1, 0.15) is 67.1 Å². The number of carbonyl (C=O) groups is 1. The first-order valence-electron chi connectivity index (χ1n) is 8.35. The van der Waals surface area contributed by atoms with E-state index in [9.17, 15) is 4.79 Å². The van der Waals surface area contributed by atoms with E-state index in [4.69, 9.17) is 9.15 Å². The molecule has 0 aliphatic carbocycles. The topological polar surface area (TPSA) is 97.1 Å². The fraction of sp³-hybridized carbons (Fsp3) is 0.625. The smallest absolute Gasteiger partial charge is 0.276 e. The van der Waals surface area contributed by atoms with Crippen LogP contribution >= 0.6 is 0 Å². The van der Waals surface area contributed by atoms with E-state index in [0.29, 0.717) is 37.0 Å². The van der Waals surface area contributed by atoms with Crippen LogP contribution in [0.3, 0.4) is 0 Å². The molecule has 1 aliphatic heterocycles. The second-order valence-electron chi connectivity index (χ2n) is 6.22. The van der Waals surface area contributed by atoms with Gasteiger partial charge in [-0.25, -0.2) is 9.97 Å². The summed E-state index contributed by atoms with van der Waals surface area (Å²) < 4.78 is 11.1. The molecule has 2 aromatic rings. The molecule has 1 amide bonds. The van der Waals surface area contributed by atoms with Crippen LogP contribution in [-0.4, -0.2) is 50.7 Å². The molecule has 1 aliphatic rings. The Labute approximate surface area is 140 Å². The van der Waals surface area contributed by atoms with Crippen molar-refractivity contribution in [3.05, 3.63) is 29.5 Å². The Kier molecular flexibility index (Phi) is 4.94. The molecule has 1 N–H and O–H groups in total. The lowest BCUT2D eigenvalue weighted by atomic mass is 10.1. The van der Waals surface area contributed by atoms with Crippen molar-refractivity contribution in [3.8, 4) is 0 Å². The summed E-state index contributed by atoms with van der Waals surface area (Å²) in [7, 11) is 0. The standard InChI is InChI=1S/C16H23N5O3/c1-4-5-12-18-15(20-19-12)11-8-21(6-7-23-11)16(22)13-14(10(2)3)24-9-17-13/h9-11H,4-8H2,1-3H3,(H,18,19,20). The number of carbonyl (C=O) groups excluding carboxylic acids is 1. The average molecular weight is 333 g/mol. The summed E-state index contributed by atoms with van der Waals surface area (Å²) in [6.07, 6.45) is 2.85. The van der Waals surface area contributed by atoms with Crippen LogP contribution in [0, 0.1) is 0 Å². The molecule has 24 heavy (non-hydrogen) atoms. The first-order chi connectivity index (χ1) is 11.6. The Morgan fingerprint density at radius 1 is 1.50 bits per heavy atom. The van der Waals surface area contributed by atoms with Gasteiger partial charge in [0.25, 0.3) is 5.91 Å². The van der Waals surface area contributed by atoms with Gasteiger partial charge in [0, 0.05) is 18.9 Å². The molecule has 8 nitrogen and oxygen atoms in total. The predicted octanol–water partition coefficient (Wildman–Crippen LogP) is 2.08. The van der Waals surface area contributed by atoms with Crippen molar-refractivity contribution in [2.45, 2.75) is 45.6 Å². The highest BCUT2D eigenvalue weighted by Crippen LogP contribution is 2.24.